The minimum atomic E-state index is -0.0493. The molecule has 3 aromatic rings. The fourth-order valence-electron chi connectivity index (χ4n) is 1.89. The molecule has 0 saturated carbocycles. The summed E-state index contributed by atoms with van der Waals surface area (Å²) in [5.41, 5.74) is 1.65. The molecule has 0 unspecified atom stereocenters. The summed E-state index contributed by atoms with van der Waals surface area (Å²) in [7, 11) is 0. The lowest BCUT2D eigenvalue weighted by atomic mass is 10.2. The van der Waals surface area contributed by atoms with Gasteiger partial charge in [0.25, 0.3) is 5.56 Å². The molecule has 0 radical (unpaired) electrons. The van der Waals surface area contributed by atoms with Crippen molar-refractivity contribution < 1.29 is 4.52 Å². The van der Waals surface area contributed by atoms with E-state index in [0.29, 0.717) is 12.3 Å². The van der Waals surface area contributed by atoms with Crippen molar-refractivity contribution in [2.75, 3.05) is 0 Å². The van der Waals surface area contributed by atoms with Crippen LogP contribution in [0.25, 0.3) is 11.3 Å². The summed E-state index contributed by atoms with van der Waals surface area (Å²) in [6.45, 7) is 0.413. The minimum Gasteiger partial charge on any atom is -0.356 e. The minimum absolute atomic E-state index is 0.0493. The van der Waals surface area contributed by atoms with Gasteiger partial charge >= 0.3 is 0 Å². The Bertz CT molecular complexity index is 729. The van der Waals surface area contributed by atoms with Gasteiger partial charge in [0, 0.05) is 23.9 Å². The highest BCUT2D eigenvalue weighted by molar-refractivity contribution is 5.56. The van der Waals surface area contributed by atoms with Gasteiger partial charge in [-0.3, -0.25) is 4.79 Å². The van der Waals surface area contributed by atoms with E-state index in [1.807, 2.05) is 42.5 Å². The summed E-state index contributed by atoms with van der Waals surface area (Å²) in [4.78, 5) is 11.6. The first-order valence-electron chi connectivity index (χ1n) is 5.99. The van der Waals surface area contributed by atoms with E-state index in [9.17, 15) is 4.79 Å². The molecule has 0 aliphatic heterocycles. The highest BCUT2D eigenvalue weighted by Gasteiger charge is 2.07. The Morgan fingerprint density at radius 3 is 2.63 bits per heavy atom. The average molecular weight is 252 g/mol. The first-order valence-corrected chi connectivity index (χ1v) is 5.99. The third-order valence-electron chi connectivity index (χ3n) is 2.85. The SMILES string of the molecule is O=c1ccccn1Cc1cc(-c2ccccc2)on1. The van der Waals surface area contributed by atoms with Gasteiger partial charge in [0.1, 0.15) is 5.69 Å². The lowest BCUT2D eigenvalue weighted by Gasteiger charge is -1.99. The number of aromatic nitrogens is 2. The van der Waals surface area contributed by atoms with Crippen molar-refractivity contribution in [1.82, 2.24) is 9.72 Å². The van der Waals surface area contributed by atoms with E-state index in [4.69, 9.17) is 4.52 Å². The maximum atomic E-state index is 11.6. The van der Waals surface area contributed by atoms with Gasteiger partial charge in [0.05, 0.1) is 6.54 Å². The van der Waals surface area contributed by atoms with Crippen LogP contribution in [0.3, 0.4) is 0 Å². The summed E-state index contributed by atoms with van der Waals surface area (Å²) in [6, 6.07) is 16.7. The van der Waals surface area contributed by atoms with E-state index in [0.717, 1.165) is 11.3 Å². The third-order valence-corrected chi connectivity index (χ3v) is 2.85. The monoisotopic (exact) mass is 252 g/mol. The summed E-state index contributed by atoms with van der Waals surface area (Å²) in [5.74, 6) is 0.708. The van der Waals surface area contributed by atoms with Crippen molar-refractivity contribution >= 4 is 0 Å². The highest BCUT2D eigenvalue weighted by Crippen LogP contribution is 2.19. The van der Waals surface area contributed by atoms with Crippen molar-refractivity contribution in [3.8, 4) is 11.3 Å². The van der Waals surface area contributed by atoms with Gasteiger partial charge in [-0.25, -0.2) is 0 Å². The molecule has 2 heterocycles. The van der Waals surface area contributed by atoms with Crippen LogP contribution >= 0.6 is 0 Å². The van der Waals surface area contributed by atoms with E-state index in [2.05, 4.69) is 5.16 Å². The molecule has 2 aromatic heterocycles. The summed E-state index contributed by atoms with van der Waals surface area (Å²) >= 11 is 0. The number of nitrogens with zero attached hydrogens (tertiary/aromatic N) is 2. The second-order valence-electron chi connectivity index (χ2n) is 4.22. The Kier molecular flexibility index (Phi) is 2.98. The fourth-order valence-corrected chi connectivity index (χ4v) is 1.89. The topological polar surface area (TPSA) is 48.0 Å². The molecule has 0 aliphatic rings. The van der Waals surface area contributed by atoms with Crippen molar-refractivity contribution in [3.63, 3.8) is 0 Å². The molecule has 0 bridgehead atoms. The molecule has 0 spiro atoms. The predicted octanol–water partition coefficient (Wildman–Crippen LogP) is 2.55. The summed E-state index contributed by atoms with van der Waals surface area (Å²) in [6.07, 6.45) is 1.74. The van der Waals surface area contributed by atoms with E-state index in [1.54, 1.807) is 16.8 Å². The standard InChI is InChI=1S/C15H12N2O2/c18-15-8-4-5-9-17(15)11-13-10-14(19-16-13)12-6-2-1-3-7-12/h1-10H,11H2. The van der Waals surface area contributed by atoms with Crippen molar-refractivity contribution in [2.45, 2.75) is 6.54 Å². The molecular formula is C15H12N2O2. The molecule has 0 atom stereocenters. The van der Waals surface area contributed by atoms with E-state index < -0.39 is 0 Å². The van der Waals surface area contributed by atoms with Gasteiger partial charge in [-0.05, 0) is 6.07 Å². The van der Waals surface area contributed by atoms with Gasteiger partial charge in [-0.1, -0.05) is 41.6 Å². The average Bonchev–Trinajstić information content (AvgIpc) is 2.91. The summed E-state index contributed by atoms with van der Waals surface area (Å²) < 4.78 is 6.89. The Labute approximate surface area is 109 Å². The van der Waals surface area contributed by atoms with E-state index in [1.165, 1.54) is 6.07 Å². The lowest BCUT2D eigenvalue weighted by molar-refractivity contribution is 0.421. The maximum Gasteiger partial charge on any atom is 0.250 e. The number of benzene rings is 1. The second kappa shape index (κ2) is 4.94. The first kappa shape index (κ1) is 11.5. The molecule has 3 rings (SSSR count). The zero-order valence-corrected chi connectivity index (χ0v) is 10.2. The predicted molar refractivity (Wildman–Crippen MR) is 71.7 cm³/mol. The van der Waals surface area contributed by atoms with Crippen LogP contribution in [-0.4, -0.2) is 9.72 Å². The molecule has 19 heavy (non-hydrogen) atoms. The van der Waals surface area contributed by atoms with Crippen molar-refractivity contribution in [3.05, 3.63) is 76.8 Å². The van der Waals surface area contributed by atoms with E-state index >= 15 is 0 Å². The first-order chi connectivity index (χ1) is 9.33. The van der Waals surface area contributed by atoms with Gasteiger partial charge < -0.3 is 9.09 Å². The summed E-state index contributed by atoms with van der Waals surface area (Å²) in [5, 5.41) is 3.99. The number of pyridine rings is 1. The molecular weight excluding hydrogens is 240 g/mol. The van der Waals surface area contributed by atoms with Gasteiger partial charge in [0.2, 0.25) is 0 Å². The van der Waals surface area contributed by atoms with Crippen molar-refractivity contribution in [1.29, 1.82) is 0 Å². The normalized spacial score (nSPS) is 10.5. The Morgan fingerprint density at radius 1 is 1.05 bits per heavy atom. The molecule has 0 amide bonds. The number of hydrogen-bond acceptors (Lipinski definition) is 3. The van der Waals surface area contributed by atoms with E-state index in [-0.39, 0.29) is 5.56 Å². The lowest BCUT2D eigenvalue weighted by Crippen LogP contribution is -2.18. The maximum absolute atomic E-state index is 11.6. The highest BCUT2D eigenvalue weighted by atomic mass is 16.5. The van der Waals surface area contributed by atoms with Gasteiger partial charge in [0.15, 0.2) is 5.76 Å². The Balaban J connectivity index is 1.87. The van der Waals surface area contributed by atoms with Crippen LogP contribution in [-0.2, 0) is 6.54 Å². The zero-order valence-electron chi connectivity index (χ0n) is 10.2. The van der Waals surface area contributed by atoms with Crippen LogP contribution in [0.5, 0.6) is 0 Å². The number of hydrogen-bond donors (Lipinski definition) is 0. The Hall–Kier alpha value is -2.62. The molecule has 1 aromatic carbocycles. The van der Waals surface area contributed by atoms with Crippen LogP contribution < -0.4 is 5.56 Å². The fraction of sp³-hybridized carbons (Fsp3) is 0.0667. The zero-order chi connectivity index (χ0) is 13.1. The molecule has 0 aliphatic carbocycles. The third kappa shape index (κ3) is 2.47. The van der Waals surface area contributed by atoms with Gasteiger partial charge in [-0.2, -0.15) is 0 Å². The molecule has 0 fully saturated rings. The molecule has 0 N–H and O–H groups in total. The van der Waals surface area contributed by atoms with Crippen LogP contribution in [0.15, 0.2) is 70.1 Å². The largest absolute Gasteiger partial charge is 0.356 e. The second-order valence-corrected chi connectivity index (χ2v) is 4.22. The smallest absolute Gasteiger partial charge is 0.250 e. The van der Waals surface area contributed by atoms with Crippen LogP contribution in [0.2, 0.25) is 0 Å². The van der Waals surface area contributed by atoms with Crippen LogP contribution in [0, 0.1) is 0 Å². The number of rotatable bonds is 3. The molecule has 4 nitrogen and oxygen atoms in total. The molecule has 94 valence electrons. The van der Waals surface area contributed by atoms with Crippen LogP contribution in [0.1, 0.15) is 5.69 Å². The Morgan fingerprint density at radius 2 is 1.84 bits per heavy atom. The quantitative estimate of drug-likeness (QED) is 0.719. The van der Waals surface area contributed by atoms with Crippen molar-refractivity contribution in [2.24, 2.45) is 0 Å². The van der Waals surface area contributed by atoms with Gasteiger partial charge in [-0.15, -0.1) is 0 Å². The molecule has 4 heteroatoms. The van der Waals surface area contributed by atoms with Crippen LogP contribution in [0.4, 0.5) is 0 Å². The molecule has 0 saturated heterocycles.